The summed E-state index contributed by atoms with van der Waals surface area (Å²) in [5.74, 6) is -0.197. The average molecular weight is 320 g/mol. The summed E-state index contributed by atoms with van der Waals surface area (Å²) in [5.41, 5.74) is 2.00. The fourth-order valence-corrected chi connectivity index (χ4v) is 2.24. The Morgan fingerprint density at radius 3 is 2.48 bits per heavy atom. The number of hydrogen-bond donors (Lipinski definition) is 0. The van der Waals surface area contributed by atoms with Crippen molar-refractivity contribution in [2.75, 3.05) is 0 Å². The van der Waals surface area contributed by atoms with Crippen molar-refractivity contribution in [1.29, 1.82) is 0 Å². The highest BCUT2D eigenvalue weighted by atomic mass is 16.5. The molecule has 0 aliphatic carbocycles. The zero-order chi connectivity index (χ0) is 17.2. The number of aryl methyl sites for hydroxylation is 1. The lowest BCUT2D eigenvalue weighted by molar-refractivity contribution is -0.151. The van der Waals surface area contributed by atoms with E-state index in [-0.39, 0.29) is 24.9 Å². The molecule has 128 valence electrons. The molecular formula is C19H28O4. The maximum absolute atomic E-state index is 11.8. The standard InChI is InChI=1S/C19H28O4/c1-5-6-7-10-15(3)22-18(20)12-13-19(21)23-17-11-8-9-14(2)16(17)4/h8-9,11,15H,5-7,10,12-13H2,1-4H3. The number of esters is 2. The van der Waals surface area contributed by atoms with Crippen LogP contribution in [0.2, 0.25) is 0 Å². The Kier molecular flexibility index (Phi) is 8.38. The molecule has 23 heavy (non-hydrogen) atoms. The van der Waals surface area contributed by atoms with E-state index in [4.69, 9.17) is 9.47 Å². The first-order valence-electron chi connectivity index (χ1n) is 8.40. The van der Waals surface area contributed by atoms with Crippen LogP contribution >= 0.6 is 0 Å². The van der Waals surface area contributed by atoms with E-state index >= 15 is 0 Å². The summed E-state index contributed by atoms with van der Waals surface area (Å²) in [6.45, 7) is 7.90. The van der Waals surface area contributed by atoms with Crippen LogP contribution in [0.15, 0.2) is 18.2 Å². The van der Waals surface area contributed by atoms with E-state index in [0.717, 1.165) is 36.8 Å². The largest absolute Gasteiger partial charge is 0.463 e. The van der Waals surface area contributed by atoms with Crippen LogP contribution in [0.25, 0.3) is 0 Å². The smallest absolute Gasteiger partial charge is 0.311 e. The van der Waals surface area contributed by atoms with Crippen LogP contribution in [-0.4, -0.2) is 18.0 Å². The van der Waals surface area contributed by atoms with E-state index in [1.54, 1.807) is 6.07 Å². The van der Waals surface area contributed by atoms with Gasteiger partial charge in [0.2, 0.25) is 0 Å². The van der Waals surface area contributed by atoms with Crippen molar-refractivity contribution in [3.05, 3.63) is 29.3 Å². The van der Waals surface area contributed by atoms with E-state index < -0.39 is 5.97 Å². The van der Waals surface area contributed by atoms with Crippen molar-refractivity contribution >= 4 is 11.9 Å². The minimum atomic E-state index is -0.408. The molecule has 0 aliphatic rings. The molecule has 0 saturated carbocycles. The van der Waals surface area contributed by atoms with Gasteiger partial charge in [-0.2, -0.15) is 0 Å². The molecule has 0 amide bonds. The molecule has 0 aliphatic heterocycles. The quantitative estimate of drug-likeness (QED) is 0.382. The van der Waals surface area contributed by atoms with Crippen molar-refractivity contribution in [3.8, 4) is 5.75 Å². The van der Waals surface area contributed by atoms with Gasteiger partial charge in [0.05, 0.1) is 18.9 Å². The number of carbonyl (C=O) groups is 2. The number of benzene rings is 1. The Morgan fingerprint density at radius 2 is 1.78 bits per heavy atom. The molecule has 1 aromatic rings. The summed E-state index contributed by atoms with van der Waals surface area (Å²) in [6, 6.07) is 5.56. The zero-order valence-electron chi connectivity index (χ0n) is 14.7. The molecule has 1 unspecified atom stereocenters. The Labute approximate surface area is 139 Å². The Balaban J connectivity index is 2.32. The van der Waals surface area contributed by atoms with Crippen LogP contribution < -0.4 is 4.74 Å². The average Bonchev–Trinajstić information content (AvgIpc) is 2.50. The second-order valence-corrected chi connectivity index (χ2v) is 5.97. The molecule has 1 rings (SSSR count). The van der Waals surface area contributed by atoms with Gasteiger partial charge in [-0.25, -0.2) is 0 Å². The predicted molar refractivity (Wildman–Crippen MR) is 90.5 cm³/mol. The fraction of sp³-hybridized carbons (Fsp3) is 0.579. The van der Waals surface area contributed by atoms with Gasteiger partial charge < -0.3 is 9.47 Å². The Hall–Kier alpha value is -1.84. The van der Waals surface area contributed by atoms with E-state index in [9.17, 15) is 9.59 Å². The molecular weight excluding hydrogens is 292 g/mol. The van der Waals surface area contributed by atoms with Gasteiger partial charge in [-0.15, -0.1) is 0 Å². The van der Waals surface area contributed by atoms with Crippen LogP contribution in [0.3, 0.4) is 0 Å². The monoisotopic (exact) mass is 320 g/mol. The highest BCUT2D eigenvalue weighted by molar-refractivity contribution is 5.79. The summed E-state index contributed by atoms with van der Waals surface area (Å²) in [6.07, 6.45) is 4.21. The minimum absolute atomic E-state index is 0.0356. The molecule has 4 heteroatoms. The van der Waals surface area contributed by atoms with Crippen molar-refractivity contribution in [2.45, 2.75) is 72.3 Å². The van der Waals surface area contributed by atoms with Crippen molar-refractivity contribution in [1.82, 2.24) is 0 Å². The first-order chi connectivity index (χ1) is 10.9. The second kappa shape index (κ2) is 10.0. The zero-order valence-corrected chi connectivity index (χ0v) is 14.7. The lowest BCUT2D eigenvalue weighted by Crippen LogP contribution is -2.17. The van der Waals surface area contributed by atoms with Crippen LogP contribution in [0, 0.1) is 13.8 Å². The van der Waals surface area contributed by atoms with Crippen LogP contribution in [0.1, 0.15) is 63.5 Å². The van der Waals surface area contributed by atoms with Gasteiger partial charge in [0.1, 0.15) is 5.75 Å². The third-order valence-electron chi connectivity index (χ3n) is 3.86. The maximum Gasteiger partial charge on any atom is 0.311 e. The summed E-state index contributed by atoms with van der Waals surface area (Å²) >= 11 is 0. The minimum Gasteiger partial charge on any atom is -0.463 e. The van der Waals surface area contributed by atoms with Gasteiger partial charge in [-0.1, -0.05) is 31.9 Å². The molecule has 0 fully saturated rings. The summed E-state index contributed by atoms with van der Waals surface area (Å²) in [7, 11) is 0. The summed E-state index contributed by atoms with van der Waals surface area (Å²) in [5, 5.41) is 0. The molecule has 0 saturated heterocycles. The number of unbranched alkanes of at least 4 members (excludes halogenated alkanes) is 2. The van der Waals surface area contributed by atoms with Gasteiger partial charge in [0, 0.05) is 0 Å². The van der Waals surface area contributed by atoms with Gasteiger partial charge in [-0.3, -0.25) is 9.59 Å². The second-order valence-electron chi connectivity index (χ2n) is 5.97. The van der Waals surface area contributed by atoms with Gasteiger partial charge >= 0.3 is 11.9 Å². The van der Waals surface area contributed by atoms with Crippen LogP contribution in [0.4, 0.5) is 0 Å². The molecule has 1 atom stereocenters. The van der Waals surface area contributed by atoms with Gasteiger partial charge in [-0.05, 0) is 50.8 Å². The Morgan fingerprint density at radius 1 is 1.09 bits per heavy atom. The maximum atomic E-state index is 11.8. The van der Waals surface area contributed by atoms with Crippen molar-refractivity contribution in [3.63, 3.8) is 0 Å². The van der Waals surface area contributed by atoms with Gasteiger partial charge in [0.25, 0.3) is 0 Å². The molecule has 0 N–H and O–H groups in total. The first kappa shape index (κ1) is 19.2. The predicted octanol–water partition coefficient (Wildman–Crippen LogP) is 4.50. The first-order valence-corrected chi connectivity index (χ1v) is 8.40. The third kappa shape index (κ3) is 7.31. The summed E-state index contributed by atoms with van der Waals surface area (Å²) in [4.78, 5) is 23.6. The SMILES string of the molecule is CCCCCC(C)OC(=O)CCC(=O)Oc1cccc(C)c1C. The highest BCUT2D eigenvalue weighted by Crippen LogP contribution is 2.21. The van der Waals surface area contributed by atoms with E-state index in [1.807, 2.05) is 32.9 Å². The highest BCUT2D eigenvalue weighted by Gasteiger charge is 2.14. The van der Waals surface area contributed by atoms with Crippen molar-refractivity contribution in [2.24, 2.45) is 0 Å². The molecule has 4 nitrogen and oxygen atoms in total. The van der Waals surface area contributed by atoms with E-state index in [1.165, 1.54) is 0 Å². The Bertz CT molecular complexity index is 522. The number of ether oxygens (including phenoxy) is 2. The fourth-order valence-electron chi connectivity index (χ4n) is 2.24. The van der Waals surface area contributed by atoms with E-state index in [0.29, 0.717) is 5.75 Å². The molecule has 1 aromatic carbocycles. The van der Waals surface area contributed by atoms with Crippen LogP contribution in [0.5, 0.6) is 5.75 Å². The molecule has 0 radical (unpaired) electrons. The lowest BCUT2D eigenvalue weighted by Gasteiger charge is -2.13. The van der Waals surface area contributed by atoms with E-state index in [2.05, 4.69) is 6.92 Å². The van der Waals surface area contributed by atoms with Crippen LogP contribution in [-0.2, 0) is 14.3 Å². The molecule has 0 aromatic heterocycles. The number of rotatable bonds is 9. The topological polar surface area (TPSA) is 52.6 Å². The number of carbonyl (C=O) groups excluding carboxylic acids is 2. The summed E-state index contributed by atoms with van der Waals surface area (Å²) < 4.78 is 10.6. The third-order valence-corrected chi connectivity index (χ3v) is 3.86. The molecule has 0 bridgehead atoms. The normalized spacial score (nSPS) is 11.8. The van der Waals surface area contributed by atoms with Gasteiger partial charge in [0.15, 0.2) is 0 Å². The van der Waals surface area contributed by atoms with Crippen molar-refractivity contribution < 1.29 is 19.1 Å². The molecule has 0 heterocycles. The molecule has 0 spiro atoms. The lowest BCUT2D eigenvalue weighted by atomic mass is 10.1. The number of hydrogen-bond acceptors (Lipinski definition) is 4.